The number of hydrogen-bond acceptors (Lipinski definition) is 2. The molecule has 0 amide bonds. The van der Waals surface area contributed by atoms with E-state index >= 15 is 0 Å². The second kappa shape index (κ2) is 27.8. The molecule has 19 rings (SSSR count). The number of para-hydroxylation sites is 3. The first-order valence-electron chi connectivity index (χ1n) is 43.9. The molecule has 0 spiro atoms. The van der Waals surface area contributed by atoms with Crippen molar-refractivity contribution in [3.63, 3.8) is 0 Å². The van der Waals surface area contributed by atoms with Crippen molar-refractivity contribution in [2.75, 3.05) is 16.3 Å². The molecule has 0 radical (unpaired) electrons. The average Bonchev–Trinajstić information content (AvgIpc) is 1.33. The van der Waals surface area contributed by atoms with Crippen LogP contribution in [0.25, 0.3) is 105 Å². The molecule has 0 N–H and O–H groups in total. The Balaban J connectivity index is 0.896. The van der Waals surface area contributed by atoms with Crippen LogP contribution in [0.3, 0.4) is 0 Å². The van der Waals surface area contributed by atoms with E-state index in [9.17, 15) is 8.22 Å². The predicted octanol–water partition coefficient (Wildman–Crippen LogP) is 25.9. The predicted molar refractivity (Wildman–Crippen MR) is 479 cm³/mol. The molecule has 0 saturated heterocycles. The van der Waals surface area contributed by atoms with Gasteiger partial charge in [0.15, 0.2) is 0 Å². The number of aryl methyl sites for hydroxylation is 2. The zero-order valence-corrected chi connectivity index (χ0v) is 65.0. The number of hydrogen-bond donors (Lipinski definition) is 0. The highest BCUT2D eigenvalue weighted by molar-refractivity contribution is 7.00. The monoisotopic (exact) mass is 1450 g/mol. The minimum atomic E-state index is -0.460. The van der Waals surface area contributed by atoms with Crippen molar-refractivity contribution in [1.29, 1.82) is 0 Å². The molecule has 112 heavy (non-hydrogen) atoms. The molecule has 0 bridgehead atoms. The van der Waals surface area contributed by atoms with Crippen molar-refractivity contribution in [2.45, 2.75) is 104 Å². The molecular formula is C107H93BN4. The van der Waals surface area contributed by atoms with Gasteiger partial charge >= 0.3 is 0 Å². The van der Waals surface area contributed by atoms with Gasteiger partial charge in [0.25, 0.3) is 6.71 Å². The Morgan fingerprint density at radius 3 is 1.45 bits per heavy atom. The third-order valence-corrected chi connectivity index (χ3v) is 23.4. The molecule has 0 saturated carbocycles. The first kappa shape index (κ1) is 60.4. The highest BCUT2D eigenvalue weighted by Crippen LogP contribution is 2.48. The number of nitrogens with zero attached hydrogens (tertiary/aromatic N) is 4. The summed E-state index contributed by atoms with van der Waals surface area (Å²) in [6.45, 7) is 21.1. The second-order valence-electron chi connectivity index (χ2n) is 33.7. The minimum absolute atomic E-state index is 0.0996. The number of benzene rings is 15. The van der Waals surface area contributed by atoms with Crippen molar-refractivity contribution < 1.29 is 12.3 Å². The van der Waals surface area contributed by atoms with Crippen LogP contribution in [0.15, 0.2) is 340 Å². The maximum absolute atomic E-state index is 9.97. The Morgan fingerprint density at radius 1 is 0.312 bits per heavy atom. The largest absolute Gasteiger partial charge is 0.342 e. The van der Waals surface area contributed by atoms with Crippen molar-refractivity contribution in [2.24, 2.45) is 0 Å². The van der Waals surface area contributed by atoms with E-state index in [2.05, 4.69) is 348 Å². The molecule has 544 valence electrons. The number of anilines is 5. The van der Waals surface area contributed by atoms with Crippen LogP contribution in [-0.4, -0.2) is 22.4 Å². The standard InChI is InChI=1S/C107H93BN4/c1-105(2,3)82-58-73(59-83(67-82)106(4,5)6)57-71-47-50-94-100(60-71)110(56-54-87-91(77-37-21-13-22-38-77)68-84(107(7,8)9)69-92(87)78-39-23-14-24-40-78)102-61-72(53-55-109-96-44-28-25-43-90(96)93-70-85(49-52-97(93)109)111-98-45-29-26-41-88(98)89-42-27-30-46-99(89)111)62-103-104(102)108(94)95-51-48-79(74-31-15-10-16-32-74)66-101(95)112(103)86-64-80(75-33-17-11-18-34-75)63-81(65-86)76-35-19-12-20-36-76/h10-52,58-70H,53-57H2,1-9H3/i10D,15D,16D,25D,28D,31D,32D,43D,44D. The lowest BCUT2D eigenvalue weighted by molar-refractivity contribution is 0.567. The van der Waals surface area contributed by atoms with Crippen LogP contribution in [-0.2, 0) is 42.1 Å². The summed E-state index contributed by atoms with van der Waals surface area (Å²) in [6, 6.07) is 100.0. The van der Waals surface area contributed by atoms with Crippen LogP contribution in [0.1, 0.15) is 114 Å². The van der Waals surface area contributed by atoms with Gasteiger partial charge in [0.05, 0.1) is 23.4 Å². The first-order valence-corrected chi connectivity index (χ1v) is 39.4. The van der Waals surface area contributed by atoms with Crippen molar-refractivity contribution in [3.05, 3.63) is 378 Å². The van der Waals surface area contributed by atoms with Crippen molar-refractivity contribution >= 4 is 95.1 Å². The van der Waals surface area contributed by atoms with Crippen LogP contribution < -0.4 is 26.2 Å². The van der Waals surface area contributed by atoms with Crippen LogP contribution in [0.5, 0.6) is 0 Å². The van der Waals surface area contributed by atoms with Gasteiger partial charge in [-0.15, -0.1) is 0 Å². The highest BCUT2D eigenvalue weighted by Gasteiger charge is 2.44. The molecule has 5 heteroatoms. The lowest BCUT2D eigenvalue weighted by atomic mass is 9.33. The summed E-state index contributed by atoms with van der Waals surface area (Å²) in [6.07, 6.45) is 1.67. The molecule has 0 unspecified atom stereocenters. The fraction of sp³-hybridized carbons (Fsp3) is 0.159. The maximum atomic E-state index is 9.97. The van der Waals surface area contributed by atoms with E-state index in [0.717, 1.165) is 122 Å². The summed E-state index contributed by atoms with van der Waals surface area (Å²) in [5.41, 5.74) is 29.0. The van der Waals surface area contributed by atoms with E-state index in [0.29, 0.717) is 54.2 Å². The summed E-state index contributed by atoms with van der Waals surface area (Å²) in [7, 11) is 0. The summed E-state index contributed by atoms with van der Waals surface area (Å²) in [5, 5.41) is 3.39. The van der Waals surface area contributed by atoms with E-state index in [4.69, 9.17) is 4.11 Å². The van der Waals surface area contributed by atoms with Gasteiger partial charge in [0.2, 0.25) is 0 Å². The molecule has 2 aliphatic heterocycles. The Hall–Kier alpha value is -12.4. The molecule has 0 atom stereocenters. The lowest BCUT2D eigenvalue weighted by Crippen LogP contribution is -2.62. The van der Waals surface area contributed by atoms with Gasteiger partial charge in [0.1, 0.15) is 0 Å². The molecule has 15 aromatic carbocycles. The van der Waals surface area contributed by atoms with E-state index < -0.39 is 24.8 Å². The molecule has 4 heterocycles. The topological polar surface area (TPSA) is 16.3 Å². The van der Waals surface area contributed by atoms with Gasteiger partial charge in [0, 0.05) is 79.8 Å². The Kier molecular flexibility index (Phi) is 15.0. The van der Waals surface area contributed by atoms with Crippen LogP contribution >= 0.6 is 0 Å². The summed E-state index contributed by atoms with van der Waals surface area (Å²) >= 11 is 0. The van der Waals surface area contributed by atoms with Crippen molar-refractivity contribution in [3.8, 4) is 61.3 Å². The van der Waals surface area contributed by atoms with Crippen LogP contribution in [0, 0.1) is 0 Å². The fourth-order valence-corrected chi connectivity index (χ4v) is 17.7. The molecule has 17 aromatic rings. The lowest BCUT2D eigenvalue weighted by Gasteiger charge is -2.45. The van der Waals surface area contributed by atoms with Gasteiger partial charge in [-0.25, -0.2) is 0 Å². The number of fused-ring (bicyclic) bond motifs is 10. The first-order chi connectivity index (χ1) is 58.1. The van der Waals surface area contributed by atoms with E-state index in [1.165, 1.54) is 38.9 Å². The van der Waals surface area contributed by atoms with Gasteiger partial charge in [-0.05, 0) is 225 Å². The van der Waals surface area contributed by atoms with Gasteiger partial charge in [-0.1, -0.05) is 323 Å². The van der Waals surface area contributed by atoms with Gasteiger partial charge in [-0.2, -0.15) is 0 Å². The summed E-state index contributed by atoms with van der Waals surface area (Å²) in [5.74, 6) is 0. The number of rotatable bonds is 15. The minimum Gasteiger partial charge on any atom is -0.342 e. The summed E-state index contributed by atoms with van der Waals surface area (Å²) < 4.78 is 89.2. The quantitative estimate of drug-likeness (QED) is 0.0951. The SMILES string of the molecule is [2H]c1c([2H])c([2H])c(-c2ccc3c(c2)N(c2cc(-c4ccccc4)cc(-c4ccccc4)c2)c2cc(CCn4c5ccc(-n6c7ccccc7c7ccccc76)cc5c5c([2H])c([2H])c([2H])c([2H])c54)cc4c2B3c2ccc(Cc3cc(C(C)(C)C)cc(C(C)(C)C)c3)cc2N4CCc2c(-c3ccccc3)cc(C(C)(C)C)cc2-c2ccccc2)c([2H])c1[2H]. The molecule has 0 fully saturated rings. The Bertz CT molecular complexity index is 6820. The van der Waals surface area contributed by atoms with Crippen molar-refractivity contribution in [1.82, 2.24) is 9.13 Å². The molecule has 0 aliphatic carbocycles. The van der Waals surface area contributed by atoms with Crippen LogP contribution in [0.4, 0.5) is 28.4 Å². The Morgan fingerprint density at radius 2 is 0.839 bits per heavy atom. The highest BCUT2D eigenvalue weighted by atomic mass is 15.2. The second-order valence-corrected chi connectivity index (χ2v) is 33.7. The third kappa shape index (κ3) is 12.7. The fourth-order valence-electron chi connectivity index (χ4n) is 17.7. The molecule has 2 aliphatic rings. The molecule has 2 aromatic heterocycles. The maximum Gasteiger partial charge on any atom is 0.252 e. The zero-order chi connectivity index (χ0) is 84.0. The van der Waals surface area contributed by atoms with Crippen LogP contribution in [0.2, 0.25) is 0 Å². The van der Waals surface area contributed by atoms with Gasteiger partial charge < -0.3 is 18.9 Å². The van der Waals surface area contributed by atoms with E-state index in [1.54, 1.807) is 0 Å². The van der Waals surface area contributed by atoms with Gasteiger partial charge in [-0.3, -0.25) is 0 Å². The molecular weight excluding hydrogens is 1350 g/mol. The molecule has 4 nitrogen and oxygen atoms in total. The summed E-state index contributed by atoms with van der Waals surface area (Å²) in [4.78, 5) is 4.98. The van der Waals surface area contributed by atoms with E-state index in [1.807, 2.05) is 18.2 Å². The third-order valence-electron chi connectivity index (χ3n) is 23.4. The number of aromatic nitrogens is 2. The normalized spacial score (nSPS) is 13.9. The van der Waals surface area contributed by atoms with E-state index in [-0.39, 0.29) is 58.1 Å². The average molecular weight is 1450 g/mol. The Labute approximate surface area is 673 Å². The zero-order valence-electron chi connectivity index (χ0n) is 74.0. The smallest absolute Gasteiger partial charge is 0.252 e.